The van der Waals surface area contributed by atoms with Crippen molar-refractivity contribution in [3.63, 3.8) is 0 Å². The fourth-order valence-electron chi connectivity index (χ4n) is 3.85. The first-order valence-electron chi connectivity index (χ1n) is 9.09. The second-order valence-corrected chi connectivity index (χ2v) is 7.05. The van der Waals surface area contributed by atoms with Crippen LogP contribution >= 0.6 is 0 Å². The van der Waals surface area contributed by atoms with E-state index in [1.165, 1.54) is 12.8 Å². The minimum absolute atomic E-state index is 0.135. The Morgan fingerprint density at radius 3 is 2.88 bits per heavy atom. The highest BCUT2D eigenvalue weighted by molar-refractivity contribution is 6.06. The highest BCUT2D eigenvalue weighted by Crippen LogP contribution is 2.40. The first kappa shape index (κ1) is 15.6. The third-order valence-corrected chi connectivity index (χ3v) is 5.30. The van der Waals surface area contributed by atoms with Crippen LogP contribution in [-0.2, 0) is 0 Å². The van der Waals surface area contributed by atoms with Crippen molar-refractivity contribution in [2.24, 2.45) is 0 Å². The van der Waals surface area contributed by atoms with Crippen molar-refractivity contribution in [1.82, 2.24) is 9.88 Å². The third-order valence-electron chi connectivity index (χ3n) is 5.30. The maximum Gasteiger partial charge on any atom is 0.254 e. The van der Waals surface area contributed by atoms with E-state index in [1.807, 2.05) is 35.2 Å². The van der Waals surface area contributed by atoms with E-state index in [1.54, 1.807) is 0 Å². The van der Waals surface area contributed by atoms with Crippen molar-refractivity contribution in [1.29, 1.82) is 0 Å². The molecule has 24 heavy (non-hydrogen) atoms. The number of aromatic nitrogens is 1. The molecule has 1 saturated carbocycles. The van der Waals surface area contributed by atoms with Crippen molar-refractivity contribution < 1.29 is 9.90 Å². The summed E-state index contributed by atoms with van der Waals surface area (Å²) < 4.78 is 0. The summed E-state index contributed by atoms with van der Waals surface area (Å²) in [7, 11) is 0. The highest BCUT2D eigenvalue weighted by atomic mass is 16.3. The molecule has 0 spiro atoms. The van der Waals surface area contributed by atoms with E-state index in [2.05, 4.69) is 0 Å². The van der Waals surface area contributed by atoms with Crippen LogP contribution in [0.3, 0.4) is 0 Å². The molecule has 1 aliphatic carbocycles. The van der Waals surface area contributed by atoms with Crippen LogP contribution in [0.15, 0.2) is 30.3 Å². The Balaban J connectivity index is 1.70. The lowest BCUT2D eigenvalue weighted by Gasteiger charge is -2.25. The zero-order valence-corrected chi connectivity index (χ0v) is 13.9. The normalized spacial score (nSPS) is 20.7. The summed E-state index contributed by atoms with van der Waals surface area (Å²) in [5.41, 5.74) is 2.80. The Morgan fingerprint density at radius 2 is 2.08 bits per heavy atom. The summed E-state index contributed by atoms with van der Waals surface area (Å²) >= 11 is 0. The van der Waals surface area contributed by atoms with Gasteiger partial charge in [0.15, 0.2) is 0 Å². The second-order valence-electron chi connectivity index (χ2n) is 7.05. The van der Waals surface area contributed by atoms with Crippen LogP contribution in [-0.4, -0.2) is 40.1 Å². The smallest absolute Gasteiger partial charge is 0.254 e. The van der Waals surface area contributed by atoms with Crippen LogP contribution in [0.5, 0.6) is 0 Å². The van der Waals surface area contributed by atoms with Gasteiger partial charge in [0.2, 0.25) is 0 Å². The van der Waals surface area contributed by atoms with Gasteiger partial charge in [-0.25, -0.2) is 0 Å². The topological polar surface area (TPSA) is 53.4 Å². The molecule has 4 heteroatoms. The molecule has 0 radical (unpaired) electrons. The van der Waals surface area contributed by atoms with Crippen LogP contribution < -0.4 is 0 Å². The molecule has 2 aromatic rings. The molecule has 1 saturated heterocycles. The molecule has 2 aliphatic rings. The number of carbonyl (C=O) groups is 1. The summed E-state index contributed by atoms with van der Waals surface area (Å²) in [6.45, 7) is 1.02. The monoisotopic (exact) mass is 324 g/mol. The van der Waals surface area contributed by atoms with Gasteiger partial charge in [-0.3, -0.25) is 9.78 Å². The number of rotatable bonds is 5. The zero-order chi connectivity index (χ0) is 16.5. The number of nitrogens with zero attached hydrogens (tertiary/aromatic N) is 2. The zero-order valence-electron chi connectivity index (χ0n) is 13.9. The number of aliphatic hydroxyl groups excluding tert-OH is 1. The number of aliphatic hydroxyl groups is 1. The molecule has 1 N–H and O–H groups in total. The van der Waals surface area contributed by atoms with Gasteiger partial charge >= 0.3 is 0 Å². The Bertz CT molecular complexity index is 754. The van der Waals surface area contributed by atoms with Gasteiger partial charge in [-0.05, 0) is 50.7 Å². The van der Waals surface area contributed by atoms with Gasteiger partial charge in [-0.15, -0.1) is 0 Å². The fraction of sp³-hybridized carbons (Fsp3) is 0.500. The molecular weight excluding hydrogens is 300 g/mol. The average Bonchev–Trinajstić information content (AvgIpc) is 3.37. The predicted octanol–water partition coefficient (Wildman–Crippen LogP) is 3.49. The van der Waals surface area contributed by atoms with E-state index in [0.717, 1.165) is 54.4 Å². The lowest BCUT2D eigenvalue weighted by Crippen LogP contribution is -2.35. The van der Waals surface area contributed by atoms with Gasteiger partial charge in [0.05, 0.1) is 11.1 Å². The molecule has 1 unspecified atom stereocenters. The highest BCUT2D eigenvalue weighted by Gasteiger charge is 2.32. The van der Waals surface area contributed by atoms with Crippen molar-refractivity contribution in [2.75, 3.05) is 13.2 Å². The molecular formula is C20H24N2O2. The number of benzene rings is 1. The Kier molecular flexibility index (Phi) is 4.23. The number of carbonyl (C=O) groups excluding carboxylic acids is 1. The van der Waals surface area contributed by atoms with Crippen LogP contribution in [0.25, 0.3) is 10.9 Å². The number of likely N-dealkylation sites (tertiary alicyclic amines) is 1. The number of hydrogen-bond donors (Lipinski definition) is 1. The molecule has 1 aliphatic heterocycles. The summed E-state index contributed by atoms with van der Waals surface area (Å²) in [6, 6.07) is 10.3. The van der Waals surface area contributed by atoms with Gasteiger partial charge in [-0.2, -0.15) is 0 Å². The molecule has 126 valence electrons. The maximum atomic E-state index is 13.3. The van der Waals surface area contributed by atoms with E-state index in [4.69, 9.17) is 10.1 Å². The Morgan fingerprint density at radius 1 is 1.25 bits per heavy atom. The molecule has 0 bridgehead atoms. The van der Waals surface area contributed by atoms with E-state index in [9.17, 15) is 4.79 Å². The van der Waals surface area contributed by atoms with Crippen molar-refractivity contribution >= 4 is 16.8 Å². The van der Waals surface area contributed by atoms with Crippen LogP contribution in [0.1, 0.15) is 60.5 Å². The van der Waals surface area contributed by atoms with Gasteiger partial charge in [0.25, 0.3) is 5.91 Å². The second kappa shape index (κ2) is 6.52. The lowest BCUT2D eigenvalue weighted by atomic mass is 10.0. The number of pyridine rings is 1. The van der Waals surface area contributed by atoms with E-state index >= 15 is 0 Å². The Hall–Kier alpha value is -1.94. The van der Waals surface area contributed by atoms with Crippen LogP contribution in [0.4, 0.5) is 0 Å². The summed E-state index contributed by atoms with van der Waals surface area (Å²) in [4.78, 5) is 20.1. The van der Waals surface area contributed by atoms with Gasteiger partial charge in [0.1, 0.15) is 0 Å². The number of amides is 1. The molecule has 1 amide bonds. The standard InChI is InChI=1S/C20H24N2O2/c23-12-4-6-15-5-3-11-22(15)20(24)17-13-19(14-9-10-14)21-18-8-2-1-7-16(17)18/h1-2,7-8,13-15,23H,3-6,9-12H2. The SMILES string of the molecule is O=C(c1cc(C2CC2)nc2ccccc12)N1CCCC1CCCO. The quantitative estimate of drug-likeness (QED) is 0.916. The predicted molar refractivity (Wildman–Crippen MR) is 94.1 cm³/mol. The lowest BCUT2D eigenvalue weighted by molar-refractivity contribution is 0.0726. The molecule has 1 atom stereocenters. The first-order valence-corrected chi connectivity index (χ1v) is 9.09. The molecule has 2 fully saturated rings. The van der Waals surface area contributed by atoms with Crippen LogP contribution in [0, 0.1) is 0 Å². The maximum absolute atomic E-state index is 13.3. The molecule has 4 rings (SSSR count). The first-order chi connectivity index (χ1) is 11.8. The molecule has 1 aromatic heterocycles. The number of para-hydroxylation sites is 1. The largest absolute Gasteiger partial charge is 0.396 e. The number of hydrogen-bond acceptors (Lipinski definition) is 3. The van der Waals surface area contributed by atoms with Crippen LogP contribution in [0.2, 0.25) is 0 Å². The van der Waals surface area contributed by atoms with Gasteiger partial charge in [-0.1, -0.05) is 18.2 Å². The molecule has 1 aromatic carbocycles. The summed E-state index contributed by atoms with van der Waals surface area (Å²) in [6.07, 6.45) is 6.12. The Labute approximate surface area is 142 Å². The van der Waals surface area contributed by atoms with Gasteiger partial charge in [0, 0.05) is 36.2 Å². The third kappa shape index (κ3) is 2.91. The summed E-state index contributed by atoms with van der Waals surface area (Å²) in [5.74, 6) is 0.667. The average molecular weight is 324 g/mol. The van der Waals surface area contributed by atoms with E-state index in [0.29, 0.717) is 5.92 Å². The van der Waals surface area contributed by atoms with Gasteiger partial charge < -0.3 is 10.0 Å². The fourth-order valence-corrected chi connectivity index (χ4v) is 3.85. The van der Waals surface area contributed by atoms with E-state index in [-0.39, 0.29) is 18.6 Å². The van der Waals surface area contributed by atoms with Crippen molar-refractivity contribution in [2.45, 2.75) is 50.5 Å². The number of fused-ring (bicyclic) bond motifs is 1. The van der Waals surface area contributed by atoms with Crippen molar-refractivity contribution in [3.05, 3.63) is 41.6 Å². The summed E-state index contributed by atoms with van der Waals surface area (Å²) in [5, 5.41) is 10.1. The minimum Gasteiger partial charge on any atom is -0.396 e. The van der Waals surface area contributed by atoms with Crippen molar-refractivity contribution in [3.8, 4) is 0 Å². The minimum atomic E-state index is 0.135. The van der Waals surface area contributed by atoms with E-state index < -0.39 is 0 Å². The molecule has 2 heterocycles. The molecule has 4 nitrogen and oxygen atoms in total.